The molecule has 6 nitrogen and oxygen atoms in total. The van der Waals surface area contributed by atoms with Gasteiger partial charge in [0.1, 0.15) is 5.75 Å². The maximum Gasteiger partial charge on any atom is 0.300 e. The van der Waals surface area contributed by atoms with E-state index >= 15 is 0 Å². The lowest BCUT2D eigenvalue weighted by Crippen LogP contribution is -2.37. The molecule has 0 radical (unpaired) electrons. The summed E-state index contributed by atoms with van der Waals surface area (Å²) in [7, 11) is 2.96. The van der Waals surface area contributed by atoms with Crippen molar-refractivity contribution in [3.05, 3.63) is 22.2 Å². The van der Waals surface area contributed by atoms with E-state index in [1.54, 1.807) is 47.6 Å². The lowest BCUT2D eigenvalue weighted by molar-refractivity contribution is -0.540. The van der Waals surface area contributed by atoms with Crippen molar-refractivity contribution < 1.29 is 14.2 Å². The topological polar surface area (TPSA) is 64.8 Å². The number of methoxy groups -OCH3 is 2. The summed E-state index contributed by atoms with van der Waals surface area (Å²) in [5, 5.41) is 13.4. The van der Waals surface area contributed by atoms with Crippen LogP contribution in [0.4, 0.5) is 11.4 Å². The number of nitroso groups, excluding NO2 is 1. The zero-order valence-electron chi connectivity index (χ0n) is 14.7. The molecule has 0 saturated carbocycles. The largest absolute Gasteiger partial charge is 0.758 e. The van der Waals surface area contributed by atoms with Crippen LogP contribution in [0.25, 0.3) is 0 Å². The highest BCUT2D eigenvalue weighted by molar-refractivity contribution is 5.69. The van der Waals surface area contributed by atoms with E-state index in [0.29, 0.717) is 22.9 Å². The molecule has 0 aliphatic carbocycles. The van der Waals surface area contributed by atoms with Gasteiger partial charge in [0.15, 0.2) is 5.75 Å². The maximum absolute atomic E-state index is 12.5. The summed E-state index contributed by atoms with van der Waals surface area (Å²) in [6.45, 7) is 10.8. The first-order chi connectivity index (χ1) is 9.93. The van der Waals surface area contributed by atoms with Gasteiger partial charge in [0.05, 0.1) is 19.9 Å². The fourth-order valence-corrected chi connectivity index (χ4v) is 1.91. The van der Waals surface area contributed by atoms with Crippen molar-refractivity contribution in [2.75, 3.05) is 19.3 Å². The lowest BCUT2D eigenvalue weighted by Gasteiger charge is -2.43. The lowest BCUT2D eigenvalue weighted by atomic mass is 10.1. The van der Waals surface area contributed by atoms with Crippen molar-refractivity contribution in [1.29, 1.82) is 0 Å². The highest BCUT2D eigenvalue weighted by Gasteiger charge is 2.35. The van der Waals surface area contributed by atoms with E-state index in [2.05, 4.69) is 0 Å². The molecule has 0 heterocycles. The number of benzene rings is 1. The molecule has 1 aromatic carbocycles. The van der Waals surface area contributed by atoms with Crippen LogP contribution in [0.2, 0.25) is 0 Å². The fourth-order valence-electron chi connectivity index (χ4n) is 1.91. The molecule has 0 aliphatic heterocycles. The molecule has 1 aromatic rings. The summed E-state index contributed by atoms with van der Waals surface area (Å²) < 4.78 is 11.4. The Morgan fingerprint density at radius 2 is 1.50 bits per heavy atom. The second kappa shape index (κ2) is 6.12. The molecule has 0 amide bonds. The molecule has 0 bridgehead atoms. The van der Waals surface area contributed by atoms with E-state index in [4.69, 9.17) is 9.47 Å². The molecule has 0 fully saturated rings. The van der Waals surface area contributed by atoms with Gasteiger partial charge in [-0.15, -0.1) is 0 Å². The predicted molar refractivity (Wildman–Crippen MR) is 88.2 cm³/mol. The third-order valence-corrected chi connectivity index (χ3v) is 3.14. The number of anilines is 1. The Balaban J connectivity index is 3.56. The Kier molecular flexibility index (Phi) is 5.07. The normalized spacial score (nSPS) is 12.0. The minimum Gasteiger partial charge on any atom is -0.758 e. The summed E-state index contributed by atoms with van der Waals surface area (Å²) in [4.78, 5) is 12.5. The van der Waals surface area contributed by atoms with Crippen LogP contribution >= 0.6 is 0 Å². The van der Waals surface area contributed by atoms with Gasteiger partial charge >= 0.3 is 5.69 Å². The van der Waals surface area contributed by atoms with Crippen molar-refractivity contribution in [2.24, 2.45) is 0 Å². The summed E-state index contributed by atoms with van der Waals surface area (Å²) >= 11 is 0. The van der Waals surface area contributed by atoms with E-state index in [1.807, 2.05) is 0 Å². The summed E-state index contributed by atoms with van der Waals surface area (Å²) in [5.74, 6) is 0.737. The van der Waals surface area contributed by atoms with Crippen molar-refractivity contribution >= 4 is 11.4 Å². The first-order valence-electron chi connectivity index (χ1n) is 7.14. The standard InChI is InChI=1S/C16H26N2O4/c1-15(2,3)17(19)11-9-12(18(20)16(4,5)6)14(22-8)10-13(11)21-7/h9-10H,1-8H3. The quantitative estimate of drug-likeness (QED) is 0.621. The van der Waals surface area contributed by atoms with E-state index in [9.17, 15) is 10.1 Å². The van der Waals surface area contributed by atoms with Gasteiger partial charge < -0.3 is 19.7 Å². The fraction of sp³-hybridized carbons (Fsp3) is 0.625. The van der Waals surface area contributed by atoms with Crippen molar-refractivity contribution in [1.82, 2.24) is 0 Å². The number of hydrogen-bond donors (Lipinski definition) is 0. The van der Waals surface area contributed by atoms with E-state index < -0.39 is 11.1 Å². The summed E-state index contributed by atoms with van der Waals surface area (Å²) in [6.07, 6.45) is 0. The predicted octanol–water partition coefficient (Wildman–Crippen LogP) is 4.02. The third-order valence-electron chi connectivity index (χ3n) is 3.14. The van der Waals surface area contributed by atoms with Crippen LogP contribution in [0.5, 0.6) is 11.5 Å². The molecule has 0 aromatic heterocycles. The Morgan fingerprint density at radius 3 is 1.86 bits per heavy atom. The Bertz CT molecular complexity index is 556. The maximum atomic E-state index is 12.5. The first-order valence-corrected chi connectivity index (χ1v) is 7.14. The third kappa shape index (κ3) is 3.68. The second-order valence-electron chi connectivity index (χ2n) is 7.13. The molecule has 124 valence electrons. The minimum absolute atomic E-state index is 0.302. The molecule has 0 unspecified atom stereocenters. The van der Waals surface area contributed by atoms with Gasteiger partial charge in [0.2, 0.25) is 5.54 Å². The molecule has 0 saturated heterocycles. The van der Waals surface area contributed by atoms with Gasteiger partial charge in [-0.05, 0) is 20.8 Å². The SMILES string of the molecule is COc1cc(OC)c([N+](=O)C(C)(C)C)cc1N([O-])C(C)(C)C. The smallest absolute Gasteiger partial charge is 0.300 e. The van der Waals surface area contributed by atoms with Gasteiger partial charge in [0.25, 0.3) is 0 Å². The molecule has 0 atom stereocenters. The molecule has 0 N–H and O–H groups in total. The monoisotopic (exact) mass is 310 g/mol. The number of hydrogen-bond acceptors (Lipinski definition) is 5. The Hall–Kier alpha value is -1.82. The van der Waals surface area contributed by atoms with Crippen LogP contribution < -0.4 is 14.5 Å². The van der Waals surface area contributed by atoms with Crippen LogP contribution in [0.3, 0.4) is 0 Å². The molecule has 0 aliphatic rings. The highest BCUT2D eigenvalue weighted by atomic mass is 16.5. The molecular formula is C16H26N2O4. The Morgan fingerprint density at radius 1 is 1.00 bits per heavy atom. The van der Waals surface area contributed by atoms with Crippen LogP contribution in [0, 0.1) is 10.1 Å². The molecule has 22 heavy (non-hydrogen) atoms. The van der Waals surface area contributed by atoms with Crippen LogP contribution in [0.1, 0.15) is 41.5 Å². The van der Waals surface area contributed by atoms with Gasteiger partial charge in [-0.1, -0.05) is 0 Å². The Labute approximate surface area is 132 Å². The van der Waals surface area contributed by atoms with Gasteiger partial charge in [-0.3, -0.25) is 0 Å². The molecular weight excluding hydrogens is 284 g/mol. The van der Waals surface area contributed by atoms with Crippen molar-refractivity contribution in [3.63, 3.8) is 0 Å². The zero-order chi connectivity index (χ0) is 17.3. The van der Waals surface area contributed by atoms with Crippen LogP contribution in [-0.4, -0.2) is 30.1 Å². The number of ether oxygens (including phenoxy) is 2. The molecule has 0 spiro atoms. The summed E-state index contributed by atoms with van der Waals surface area (Å²) in [5.41, 5.74) is -0.713. The van der Waals surface area contributed by atoms with Crippen molar-refractivity contribution in [3.8, 4) is 11.5 Å². The average Bonchev–Trinajstić information content (AvgIpc) is 2.42. The van der Waals surface area contributed by atoms with Gasteiger partial charge in [0, 0.05) is 48.1 Å². The van der Waals surface area contributed by atoms with E-state index in [-0.39, 0.29) is 0 Å². The highest BCUT2D eigenvalue weighted by Crippen LogP contribution is 2.42. The number of hydroxylamine groups is 1. The minimum atomic E-state index is -0.658. The molecule has 6 heteroatoms. The molecule has 1 rings (SSSR count). The van der Waals surface area contributed by atoms with Gasteiger partial charge in [-0.2, -0.15) is 0 Å². The zero-order valence-corrected chi connectivity index (χ0v) is 14.7. The second-order valence-corrected chi connectivity index (χ2v) is 7.13. The number of nitrogens with zero attached hydrogens (tertiary/aromatic N) is 2. The van der Waals surface area contributed by atoms with Gasteiger partial charge in [-0.25, -0.2) is 0 Å². The van der Waals surface area contributed by atoms with Crippen LogP contribution in [0.15, 0.2) is 12.1 Å². The van der Waals surface area contributed by atoms with Crippen LogP contribution in [-0.2, 0) is 0 Å². The van der Waals surface area contributed by atoms with E-state index in [1.165, 1.54) is 20.3 Å². The average molecular weight is 310 g/mol. The number of rotatable bonds is 4. The van der Waals surface area contributed by atoms with Crippen molar-refractivity contribution in [2.45, 2.75) is 52.6 Å². The summed E-state index contributed by atoms with van der Waals surface area (Å²) in [6, 6.07) is 3.09. The first kappa shape index (κ1) is 18.2. The van der Waals surface area contributed by atoms with E-state index in [0.717, 1.165) is 9.82 Å².